The van der Waals surface area contributed by atoms with Gasteiger partial charge in [-0.1, -0.05) is 31.5 Å². The van der Waals surface area contributed by atoms with Crippen LogP contribution < -0.4 is 10.6 Å². The molecule has 1 aromatic carbocycles. The van der Waals surface area contributed by atoms with Gasteiger partial charge in [-0.05, 0) is 37.5 Å². The maximum atomic E-state index is 12.0. The van der Waals surface area contributed by atoms with Crippen LogP contribution in [0.4, 0.5) is 5.69 Å². The Kier molecular flexibility index (Phi) is 6.46. The molecule has 0 fully saturated rings. The van der Waals surface area contributed by atoms with Crippen molar-refractivity contribution in [3.05, 3.63) is 28.8 Å². The highest BCUT2D eigenvalue weighted by atomic mass is 35.5. The van der Waals surface area contributed by atoms with E-state index in [1.165, 1.54) is 0 Å². The van der Waals surface area contributed by atoms with Gasteiger partial charge in [0, 0.05) is 16.2 Å². The van der Waals surface area contributed by atoms with E-state index in [-0.39, 0.29) is 24.6 Å². The number of carbonyl (C=O) groups excluding carboxylic acids is 1. The number of carbonyl (C=O) groups is 1. The third-order valence-corrected chi connectivity index (χ3v) is 3.99. The minimum atomic E-state index is -0.388. The monoisotopic (exact) mass is 298 g/mol. The molecule has 0 aromatic heterocycles. The second-order valence-electron chi connectivity index (χ2n) is 5.01. The largest absolute Gasteiger partial charge is 0.394 e. The van der Waals surface area contributed by atoms with Crippen molar-refractivity contribution < 1.29 is 9.90 Å². The van der Waals surface area contributed by atoms with Gasteiger partial charge < -0.3 is 15.7 Å². The Labute approximate surface area is 125 Å². The number of rotatable bonds is 7. The molecular formula is C15H23ClN2O2. The second kappa shape index (κ2) is 7.62. The average molecular weight is 299 g/mol. The molecule has 1 amide bonds. The molecule has 0 aliphatic heterocycles. The van der Waals surface area contributed by atoms with Crippen molar-refractivity contribution in [3.8, 4) is 0 Å². The zero-order chi connectivity index (χ0) is 15.2. The van der Waals surface area contributed by atoms with Gasteiger partial charge in [-0.2, -0.15) is 0 Å². The standard InChI is InChI=1S/C15H23ClN2O2/c1-4-15(5-2,10-19)17-9-14(20)18-13-8-12(16)7-6-11(13)3/h6-8,17,19H,4-5,9-10H2,1-3H3,(H,18,20). The summed E-state index contributed by atoms with van der Waals surface area (Å²) < 4.78 is 0. The molecule has 0 aliphatic rings. The fourth-order valence-corrected chi connectivity index (χ4v) is 2.14. The van der Waals surface area contributed by atoms with E-state index in [1.807, 2.05) is 26.8 Å². The average Bonchev–Trinajstić information content (AvgIpc) is 2.45. The number of hydrogen-bond donors (Lipinski definition) is 3. The molecule has 0 aliphatic carbocycles. The predicted octanol–water partition coefficient (Wildman–Crippen LogP) is 2.73. The first-order valence-electron chi connectivity index (χ1n) is 6.88. The van der Waals surface area contributed by atoms with E-state index in [2.05, 4.69) is 10.6 Å². The lowest BCUT2D eigenvalue weighted by Crippen LogP contribution is -2.50. The van der Waals surface area contributed by atoms with Crippen LogP contribution in [0.1, 0.15) is 32.3 Å². The Morgan fingerprint density at radius 2 is 2.00 bits per heavy atom. The summed E-state index contributed by atoms with van der Waals surface area (Å²) >= 11 is 5.92. The first-order valence-corrected chi connectivity index (χ1v) is 7.26. The number of aliphatic hydroxyl groups excluding tert-OH is 1. The van der Waals surface area contributed by atoms with Gasteiger partial charge in [0.2, 0.25) is 5.91 Å². The number of benzene rings is 1. The van der Waals surface area contributed by atoms with Crippen LogP contribution in [0.3, 0.4) is 0 Å². The Morgan fingerprint density at radius 3 is 2.55 bits per heavy atom. The number of nitrogens with one attached hydrogen (secondary N) is 2. The molecule has 1 aromatic rings. The zero-order valence-electron chi connectivity index (χ0n) is 12.3. The van der Waals surface area contributed by atoms with E-state index in [1.54, 1.807) is 12.1 Å². The van der Waals surface area contributed by atoms with Gasteiger partial charge in [-0.3, -0.25) is 4.79 Å². The third kappa shape index (κ3) is 4.47. The summed E-state index contributed by atoms with van der Waals surface area (Å²) in [4.78, 5) is 12.0. The lowest BCUT2D eigenvalue weighted by Gasteiger charge is -2.30. The second-order valence-corrected chi connectivity index (χ2v) is 5.44. The molecule has 0 spiro atoms. The van der Waals surface area contributed by atoms with Crippen LogP contribution in [-0.2, 0) is 4.79 Å². The third-order valence-electron chi connectivity index (χ3n) is 3.75. The van der Waals surface area contributed by atoms with Crippen LogP contribution in [0.5, 0.6) is 0 Å². The molecule has 0 saturated heterocycles. The van der Waals surface area contributed by atoms with Crippen molar-refractivity contribution in [1.29, 1.82) is 0 Å². The highest BCUT2D eigenvalue weighted by Crippen LogP contribution is 2.20. The van der Waals surface area contributed by atoms with E-state index >= 15 is 0 Å². The number of aryl methyl sites for hydroxylation is 1. The number of anilines is 1. The molecule has 0 unspecified atom stereocenters. The van der Waals surface area contributed by atoms with E-state index < -0.39 is 0 Å². The van der Waals surface area contributed by atoms with Crippen LogP contribution >= 0.6 is 11.6 Å². The van der Waals surface area contributed by atoms with E-state index in [0.29, 0.717) is 10.7 Å². The van der Waals surface area contributed by atoms with Gasteiger partial charge >= 0.3 is 0 Å². The fourth-order valence-electron chi connectivity index (χ4n) is 1.97. The molecule has 3 N–H and O–H groups in total. The summed E-state index contributed by atoms with van der Waals surface area (Å²) in [5.41, 5.74) is 1.29. The topological polar surface area (TPSA) is 61.4 Å². The fraction of sp³-hybridized carbons (Fsp3) is 0.533. The molecule has 4 nitrogen and oxygen atoms in total. The van der Waals surface area contributed by atoms with Crippen LogP contribution in [-0.4, -0.2) is 29.7 Å². The molecule has 0 saturated carbocycles. The van der Waals surface area contributed by atoms with Gasteiger partial charge in [-0.15, -0.1) is 0 Å². The minimum absolute atomic E-state index is 0.0173. The zero-order valence-corrected chi connectivity index (χ0v) is 13.0. The lowest BCUT2D eigenvalue weighted by molar-refractivity contribution is -0.115. The summed E-state index contributed by atoms with van der Waals surface area (Å²) in [6.07, 6.45) is 1.53. The first kappa shape index (κ1) is 17.0. The van der Waals surface area contributed by atoms with Crippen LogP contribution in [0.25, 0.3) is 0 Å². The van der Waals surface area contributed by atoms with E-state index in [0.717, 1.165) is 18.4 Å². The molecule has 112 valence electrons. The summed E-state index contributed by atoms with van der Waals surface area (Å²) in [6.45, 7) is 6.07. The van der Waals surface area contributed by atoms with Crippen molar-refractivity contribution in [2.75, 3.05) is 18.5 Å². The highest BCUT2D eigenvalue weighted by molar-refractivity contribution is 6.31. The van der Waals surface area contributed by atoms with Crippen molar-refractivity contribution in [3.63, 3.8) is 0 Å². The smallest absolute Gasteiger partial charge is 0.238 e. The number of hydrogen-bond acceptors (Lipinski definition) is 3. The SMILES string of the molecule is CCC(CC)(CO)NCC(=O)Nc1cc(Cl)ccc1C. The molecule has 0 radical (unpaired) electrons. The highest BCUT2D eigenvalue weighted by Gasteiger charge is 2.25. The molecule has 0 atom stereocenters. The summed E-state index contributed by atoms with van der Waals surface area (Å²) in [5.74, 6) is -0.143. The van der Waals surface area contributed by atoms with E-state index in [4.69, 9.17) is 11.6 Å². The van der Waals surface area contributed by atoms with Gasteiger partial charge in [0.05, 0.1) is 13.2 Å². The van der Waals surface area contributed by atoms with Crippen molar-refractivity contribution >= 4 is 23.2 Å². The number of amides is 1. The summed E-state index contributed by atoms with van der Waals surface area (Å²) in [7, 11) is 0. The van der Waals surface area contributed by atoms with Gasteiger partial charge in [0.25, 0.3) is 0 Å². The molecule has 0 heterocycles. The first-order chi connectivity index (χ1) is 9.46. The van der Waals surface area contributed by atoms with Crippen LogP contribution in [0.15, 0.2) is 18.2 Å². The van der Waals surface area contributed by atoms with Gasteiger partial charge in [-0.25, -0.2) is 0 Å². The molecule has 5 heteroatoms. The molecule has 1 rings (SSSR count). The van der Waals surface area contributed by atoms with Crippen molar-refractivity contribution in [2.24, 2.45) is 0 Å². The van der Waals surface area contributed by atoms with Crippen LogP contribution in [0, 0.1) is 6.92 Å². The maximum Gasteiger partial charge on any atom is 0.238 e. The Hall–Kier alpha value is -1.10. The Bertz CT molecular complexity index is 451. The van der Waals surface area contributed by atoms with Crippen LogP contribution in [0.2, 0.25) is 5.02 Å². The Morgan fingerprint density at radius 1 is 1.35 bits per heavy atom. The minimum Gasteiger partial charge on any atom is -0.394 e. The quantitative estimate of drug-likeness (QED) is 0.725. The maximum absolute atomic E-state index is 12.0. The Balaban J connectivity index is 2.62. The lowest BCUT2D eigenvalue weighted by atomic mass is 9.94. The van der Waals surface area contributed by atoms with E-state index in [9.17, 15) is 9.90 Å². The molecule has 0 bridgehead atoms. The number of halogens is 1. The van der Waals surface area contributed by atoms with Crippen molar-refractivity contribution in [2.45, 2.75) is 39.2 Å². The molecule has 20 heavy (non-hydrogen) atoms. The van der Waals surface area contributed by atoms with Crippen molar-refractivity contribution in [1.82, 2.24) is 5.32 Å². The predicted molar refractivity (Wildman–Crippen MR) is 83.2 cm³/mol. The molecular weight excluding hydrogens is 276 g/mol. The van der Waals surface area contributed by atoms with Gasteiger partial charge in [0.15, 0.2) is 0 Å². The number of aliphatic hydroxyl groups is 1. The normalized spacial score (nSPS) is 11.4. The summed E-state index contributed by atoms with van der Waals surface area (Å²) in [6, 6.07) is 5.38. The summed E-state index contributed by atoms with van der Waals surface area (Å²) in [5, 5.41) is 16.0. The van der Waals surface area contributed by atoms with Gasteiger partial charge in [0.1, 0.15) is 0 Å².